The number of allylic oxidation sites excluding steroid dienone is 8. The van der Waals surface area contributed by atoms with E-state index in [1.807, 2.05) is 0 Å². The second-order valence-corrected chi connectivity index (χ2v) is 35.3. The summed E-state index contributed by atoms with van der Waals surface area (Å²) in [6, 6.07) is 43.4. The normalized spacial score (nSPS) is 16.7. The Hall–Kier alpha value is -2.04. The van der Waals surface area contributed by atoms with Gasteiger partial charge < -0.3 is 9.96 Å². The summed E-state index contributed by atoms with van der Waals surface area (Å²) in [5.74, 6) is 1.26. The fourth-order valence-corrected chi connectivity index (χ4v) is 24.5. The summed E-state index contributed by atoms with van der Waals surface area (Å²) in [6.45, 7) is 41.8. The second-order valence-electron chi connectivity index (χ2n) is 21.3. The molecule has 2 nitrogen and oxygen atoms in total. The third-order valence-electron chi connectivity index (χ3n) is 12.7. The first-order chi connectivity index (χ1) is 29.8. The quantitative estimate of drug-likeness (QED) is 0.138. The molecule has 0 saturated heterocycles. The second kappa shape index (κ2) is 25.9. The van der Waals surface area contributed by atoms with Gasteiger partial charge in [0.05, 0.1) is 0 Å². The van der Waals surface area contributed by atoms with Crippen LogP contribution in [0.15, 0.2) is 165 Å². The fourth-order valence-electron chi connectivity index (χ4n) is 9.84. The molecule has 2 atom stereocenters. The molecule has 2 aliphatic carbocycles. The van der Waals surface area contributed by atoms with Crippen LogP contribution in [0.4, 0.5) is 0 Å². The number of nitrogens with one attached hydrogen (secondary N) is 2. The van der Waals surface area contributed by atoms with E-state index in [0.29, 0.717) is 11.8 Å². The van der Waals surface area contributed by atoms with Crippen LogP contribution < -0.4 is 9.96 Å². The molecule has 0 radical (unpaired) electrons. The summed E-state index contributed by atoms with van der Waals surface area (Å²) in [7, 11) is -3.05. The van der Waals surface area contributed by atoms with Crippen molar-refractivity contribution in [2.24, 2.45) is 11.8 Å². The predicted molar refractivity (Wildman–Crippen MR) is 282 cm³/mol. The molecule has 0 fully saturated rings. The fraction of sp³-hybridized carbons (Fsp3) is 0.448. The van der Waals surface area contributed by atoms with Crippen LogP contribution in [0.25, 0.3) is 0 Å². The summed E-state index contributed by atoms with van der Waals surface area (Å²) >= 11 is -0.515. The third kappa shape index (κ3) is 18.6. The number of hydrogen-bond acceptors (Lipinski definition) is 2. The molecular formula is C58H86N2Si2Zr2. The standard InChI is InChI=1S/2C15H29NSi.4C7H7.2Zr/c2*1-10-11(2)13(4)14(12(10)3)17(8,9)16-15(5,6)7;4*1-7-5-3-2-4-6-7;;/h2*12,16H,1-9H3;4*2-6H,1H2;;. The van der Waals surface area contributed by atoms with Gasteiger partial charge in [-0.25, -0.2) is 0 Å². The Morgan fingerprint density at radius 1 is 0.391 bits per heavy atom. The van der Waals surface area contributed by atoms with E-state index in [0.717, 1.165) is 0 Å². The van der Waals surface area contributed by atoms with Gasteiger partial charge in [0, 0.05) is 11.1 Å². The third-order valence-corrected chi connectivity index (χ3v) is 26.2. The van der Waals surface area contributed by atoms with Gasteiger partial charge in [-0.3, -0.25) is 0 Å². The Morgan fingerprint density at radius 2 is 0.609 bits per heavy atom. The van der Waals surface area contributed by atoms with Crippen molar-refractivity contribution in [1.29, 1.82) is 0 Å². The van der Waals surface area contributed by atoms with Gasteiger partial charge in [0.15, 0.2) is 0 Å². The summed E-state index contributed by atoms with van der Waals surface area (Å²) in [6.07, 6.45) is 0. The van der Waals surface area contributed by atoms with Gasteiger partial charge in [0.2, 0.25) is 0 Å². The van der Waals surface area contributed by atoms with Crippen molar-refractivity contribution >= 4 is 16.5 Å². The van der Waals surface area contributed by atoms with Crippen LogP contribution in [0.3, 0.4) is 0 Å². The summed E-state index contributed by atoms with van der Waals surface area (Å²) < 4.78 is 5.39. The summed E-state index contributed by atoms with van der Waals surface area (Å²) in [5.41, 5.74) is 15.7. The van der Waals surface area contributed by atoms with E-state index < -0.39 is 16.5 Å². The van der Waals surface area contributed by atoms with Gasteiger partial charge in [-0.15, -0.1) is 0 Å². The van der Waals surface area contributed by atoms with Crippen molar-refractivity contribution in [2.45, 2.75) is 151 Å². The molecule has 0 heterocycles. The zero-order chi connectivity index (χ0) is 47.9. The Kier molecular flexibility index (Phi) is 22.8. The number of benzene rings is 4. The van der Waals surface area contributed by atoms with Crippen LogP contribution in [0, 0.1) is 11.8 Å². The Morgan fingerprint density at radius 3 is 0.781 bits per heavy atom. The van der Waals surface area contributed by atoms with Crippen molar-refractivity contribution in [1.82, 2.24) is 9.96 Å². The van der Waals surface area contributed by atoms with E-state index in [1.54, 1.807) is 32.7 Å². The minimum atomic E-state index is -1.53. The van der Waals surface area contributed by atoms with Gasteiger partial charge in [-0.2, -0.15) is 0 Å². The van der Waals surface area contributed by atoms with Crippen LogP contribution in [-0.4, -0.2) is 27.5 Å². The Balaban J connectivity index is 0.000000227. The van der Waals surface area contributed by atoms with Gasteiger partial charge in [0.25, 0.3) is 0 Å². The van der Waals surface area contributed by atoms with Crippen molar-refractivity contribution in [3.05, 3.63) is 187 Å². The Labute approximate surface area is 419 Å². The van der Waals surface area contributed by atoms with Crippen LogP contribution in [0.5, 0.6) is 0 Å². The SMILES string of the molecule is CC1=C(C)C(C)C([Si](C)(C)NC(C)(C)C)=C1C.CC1=C(C)C(C)C([Si](C)(C)NC(C)(C)C)=C1C.c1ccc([CH2][Zr][CH2]c2ccccc2)cc1.c1ccc([CH2][Zr][CH2]c2ccccc2)cc1. The first kappa shape index (κ1) is 56.3. The van der Waals surface area contributed by atoms with Crippen molar-refractivity contribution in [2.75, 3.05) is 0 Å². The van der Waals surface area contributed by atoms with Crippen LogP contribution in [-0.2, 0) is 63.0 Å². The molecule has 0 spiro atoms. The van der Waals surface area contributed by atoms with E-state index in [9.17, 15) is 0 Å². The van der Waals surface area contributed by atoms with E-state index in [1.165, 1.54) is 49.9 Å². The molecule has 0 bridgehead atoms. The zero-order valence-electron chi connectivity index (χ0n) is 43.5. The monoisotopic (exact) mass is 1050 g/mol. The molecule has 2 aliphatic rings. The maximum atomic E-state index is 3.89. The topological polar surface area (TPSA) is 24.1 Å². The average Bonchev–Trinajstić information content (AvgIpc) is 3.55. The van der Waals surface area contributed by atoms with E-state index in [-0.39, 0.29) is 57.5 Å². The van der Waals surface area contributed by atoms with Crippen LogP contribution in [0.1, 0.15) is 119 Å². The molecule has 4 aromatic rings. The van der Waals surface area contributed by atoms with Gasteiger partial charge in [0.1, 0.15) is 16.5 Å². The molecule has 0 amide bonds. The number of rotatable bonds is 12. The number of hydrogen-bond donors (Lipinski definition) is 2. The van der Waals surface area contributed by atoms with E-state index >= 15 is 0 Å². The molecular weight excluding hydrogens is 963 g/mol. The van der Waals surface area contributed by atoms with E-state index in [2.05, 4.69) is 254 Å². The van der Waals surface area contributed by atoms with Crippen molar-refractivity contribution in [3.8, 4) is 0 Å². The average molecular weight is 1050 g/mol. The zero-order valence-corrected chi connectivity index (χ0v) is 50.4. The summed E-state index contributed by atoms with van der Waals surface area (Å²) in [5, 5.41) is 3.39. The molecule has 2 N–H and O–H groups in total. The molecule has 0 aromatic heterocycles. The molecule has 0 saturated carbocycles. The van der Waals surface area contributed by atoms with Crippen LogP contribution >= 0.6 is 0 Å². The maximum absolute atomic E-state index is 3.89. The van der Waals surface area contributed by atoms with Gasteiger partial charge in [-0.1, -0.05) is 72.7 Å². The molecule has 6 rings (SSSR count). The van der Waals surface area contributed by atoms with Crippen molar-refractivity contribution < 1.29 is 46.5 Å². The molecule has 64 heavy (non-hydrogen) atoms. The van der Waals surface area contributed by atoms with Crippen LogP contribution in [0.2, 0.25) is 26.2 Å². The van der Waals surface area contributed by atoms with Gasteiger partial charge in [-0.05, 0) is 106 Å². The molecule has 2 unspecified atom stereocenters. The molecule has 344 valence electrons. The predicted octanol–water partition coefficient (Wildman–Crippen LogP) is 15.8. The van der Waals surface area contributed by atoms with Crippen molar-refractivity contribution in [3.63, 3.8) is 0 Å². The van der Waals surface area contributed by atoms with E-state index in [4.69, 9.17) is 0 Å². The minimum absolute atomic E-state index is 0.202. The first-order valence-corrected chi connectivity index (χ1v) is 36.7. The molecule has 4 aromatic carbocycles. The Bertz CT molecular complexity index is 1920. The molecule has 0 aliphatic heterocycles. The summed E-state index contributed by atoms with van der Waals surface area (Å²) in [4.78, 5) is 7.79. The molecule has 6 heteroatoms. The van der Waals surface area contributed by atoms with Gasteiger partial charge >= 0.3 is 207 Å². The first-order valence-electron chi connectivity index (χ1n) is 23.8.